The molecule has 3 nitrogen and oxygen atoms in total. The Balaban J connectivity index is 1.94. The van der Waals surface area contributed by atoms with Gasteiger partial charge in [-0.1, -0.05) is 34.1 Å². The molecule has 0 heterocycles. The van der Waals surface area contributed by atoms with Crippen molar-refractivity contribution < 1.29 is 13.9 Å². The average molecular weight is 338 g/mol. The summed E-state index contributed by atoms with van der Waals surface area (Å²) < 4.78 is 19.7. The SMILES string of the molecule is Cc1cccc(OCC(=O)Nc2cccc(Br)c2)c1F. The lowest BCUT2D eigenvalue weighted by Crippen LogP contribution is -2.20. The number of ether oxygens (including phenoxy) is 1. The van der Waals surface area contributed by atoms with E-state index in [1.54, 1.807) is 37.3 Å². The predicted molar refractivity (Wildman–Crippen MR) is 79.4 cm³/mol. The van der Waals surface area contributed by atoms with Gasteiger partial charge < -0.3 is 10.1 Å². The number of hydrogen-bond donors (Lipinski definition) is 1. The molecule has 0 aliphatic rings. The van der Waals surface area contributed by atoms with E-state index in [2.05, 4.69) is 21.2 Å². The van der Waals surface area contributed by atoms with E-state index in [0.29, 0.717) is 11.3 Å². The molecule has 0 spiro atoms. The lowest BCUT2D eigenvalue weighted by Gasteiger charge is -2.09. The summed E-state index contributed by atoms with van der Waals surface area (Å²) in [5.74, 6) is -0.707. The molecule has 0 fully saturated rings. The smallest absolute Gasteiger partial charge is 0.262 e. The number of rotatable bonds is 4. The zero-order valence-corrected chi connectivity index (χ0v) is 12.4. The van der Waals surface area contributed by atoms with Crippen LogP contribution in [0.2, 0.25) is 0 Å². The fourth-order valence-electron chi connectivity index (χ4n) is 1.64. The standard InChI is InChI=1S/C15H13BrFNO2/c1-10-4-2-7-13(15(10)17)20-9-14(19)18-12-6-3-5-11(16)8-12/h2-8H,9H2,1H3,(H,18,19). The number of amides is 1. The van der Waals surface area contributed by atoms with Crippen molar-refractivity contribution in [2.45, 2.75) is 6.92 Å². The van der Waals surface area contributed by atoms with E-state index in [-0.39, 0.29) is 18.3 Å². The highest BCUT2D eigenvalue weighted by molar-refractivity contribution is 9.10. The van der Waals surface area contributed by atoms with Gasteiger partial charge in [-0.3, -0.25) is 4.79 Å². The highest BCUT2D eigenvalue weighted by Crippen LogP contribution is 2.20. The van der Waals surface area contributed by atoms with Crippen LogP contribution in [0.3, 0.4) is 0 Å². The van der Waals surface area contributed by atoms with Crippen LogP contribution < -0.4 is 10.1 Å². The van der Waals surface area contributed by atoms with Crippen LogP contribution in [0.4, 0.5) is 10.1 Å². The van der Waals surface area contributed by atoms with Crippen molar-refractivity contribution in [3.63, 3.8) is 0 Å². The molecule has 0 unspecified atom stereocenters. The molecule has 2 aromatic rings. The van der Waals surface area contributed by atoms with E-state index >= 15 is 0 Å². The van der Waals surface area contributed by atoms with Gasteiger partial charge in [0.1, 0.15) is 0 Å². The van der Waals surface area contributed by atoms with Gasteiger partial charge in [0, 0.05) is 10.2 Å². The molecule has 0 atom stereocenters. The summed E-state index contributed by atoms with van der Waals surface area (Å²) in [4.78, 5) is 11.7. The molecule has 1 N–H and O–H groups in total. The molecule has 5 heteroatoms. The monoisotopic (exact) mass is 337 g/mol. The Morgan fingerprint density at radius 3 is 2.80 bits per heavy atom. The largest absolute Gasteiger partial charge is 0.481 e. The van der Waals surface area contributed by atoms with Gasteiger partial charge in [0.25, 0.3) is 5.91 Å². The molecular weight excluding hydrogens is 325 g/mol. The molecular formula is C15H13BrFNO2. The van der Waals surface area contributed by atoms with Gasteiger partial charge in [0.15, 0.2) is 18.2 Å². The molecule has 0 saturated carbocycles. The van der Waals surface area contributed by atoms with Crippen molar-refractivity contribution in [1.29, 1.82) is 0 Å². The minimum absolute atomic E-state index is 0.0781. The highest BCUT2D eigenvalue weighted by atomic mass is 79.9. The average Bonchev–Trinajstić information content (AvgIpc) is 2.40. The maximum absolute atomic E-state index is 13.7. The Kier molecular flexibility index (Phi) is 4.74. The first kappa shape index (κ1) is 14.5. The third-order valence-corrected chi connectivity index (χ3v) is 3.12. The number of benzene rings is 2. The van der Waals surface area contributed by atoms with Gasteiger partial charge in [-0.15, -0.1) is 0 Å². The number of nitrogens with one attached hydrogen (secondary N) is 1. The normalized spacial score (nSPS) is 10.2. The summed E-state index contributed by atoms with van der Waals surface area (Å²) >= 11 is 3.31. The fourth-order valence-corrected chi connectivity index (χ4v) is 2.04. The third-order valence-electron chi connectivity index (χ3n) is 2.62. The van der Waals surface area contributed by atoms with E-state index < -0.39 is 5.82 Å². The van der Waals surface area contributed by atoms with E-state index in [1.807, 2.05) is 6.07 Å². The molecule has 2 rings (SSSR count). The third kappa shape index (κ3) is 3.81. The minimum atomic E-state index is -0.442. The lowest BCUT2D eigenvalue weighted by atomic mass is 10.2. The van der Waals surface area contributed by atoms with Gasteiger partial charge in [0.05, 0.1) is 0 Å². The van der Waals surface area contributed by atoms with Crippen molar-refractivity contribution in [1.82, 2.24) is 0 Å². The summed E-state index contributed by atoms with van der Waals surface area (Å²) in [6.07, 6.45) is 0. The summed E-state index contributed by atoms with van der Waals surface area (Å²) in [5.41, 5.74) is 1.13. The zero-order chi connectivity index (χ0) is 14.5. The van der Waals surface area contributed by atoms with Crippen LogP contribution in [0.25, 0.3) is 0 Å². The van der Waals surface area contributed by atoms with Gasteiger partial charge >= 0.3 is 0 Å². The minimum Gasteiger partial charge on any atom is -0.481 e. The number of halogens is 2. The number of carbonyl (C=O) groups excluding carboxylic acids is 1. The second-order valence-electron chi connectivity index (χ2n) is 4.23. The maximum atomic E-state index is 13.7. The van der Waals surface area contributed by atoms with Gasteiger partial charge in [0.2, 0.25) is 0 Å². The Bertz CT molecular complexity index is 631. The molecule has 0 radical (unpaired) electrons. The van der Waals surface area contributed by atoms with Crippen LogP contribution in [-0.4, -0.2) is 12.5 Å². The molecule has 0 aliphatic carbocycles. The first-order valence-electron chi connectivity index (χ1n) is 5.99. The van der Waals surface area contributed by atoms with Crippen LogP contribution in [0.5, 0.6) is 5.75 Å². The van der Waals surface area contributed by atoms with Gasteiger partial charge in [-0.25, -0.2) is 4.39 Å². The second-order valence-corrected chi connectivity index (χ2v) is 5.15. The first-order valence-corrected chi connectivity index (χ1v) is 6.79. The molecule has 0 aliphatic heterocycles. The van der Waals surface area contributed by atoms with Crippen LogP contribution in [0.1, 0.15) is 5.56 Å². The van der Waals surface area contributed by atoms with Gasteiger partial charge in [-0.05, 0) is 36.8 Å². The van der Waals surface area contributed by atoms with Crippen molar-refractivity contribution in [2.24, 2.45) is 0 Å². The van der Waals surface area contributed by atoms with Crippen LogP contribution in [0.15, 0.2) is 46.9 Å². The Morgan fingerprint density at radius 1 is 1.30 bits per heavy atom. The predicted octanol–water partition coefficient (Wildman–Crippen LogP) is 3.91. The molecule has 0 saturated heterocycles. The summed E-state index contributed by atoms with van der Waals surface area (Å²) in [7, 11) is 0. The molecule has 1 amide bonds. The maximum Gasteiger partial charge on any atom is 0.262 e. The second kappa shape index (κ2) is 6.52. The number of hydrogen-bond acceptors (Lipinski definition) is 2. The summed E-state index contributed by atoms with van der Waals surface area (Å²) in [5, 5.41) is 2.67. The quantitative estimate of drug-likeness (QED) is 0.918. The molecule has 104 valence electrons. The van der Waals surface area contributed by atoms with Crippen molar-refractivity contribution in [3.8, 4) is 5.75 Å². The Labute approximate surface area is 124 Å². The Hall–Kier alpha value is -1.88. The molecule has 0 aromatic heterocycles. The first-order chi connectivity index (χ1) is 9.56. The van der Waals surface area contributed by atoms with Crippen molar-refractivity contribution in [2.75, 3.05) is 11.9 Å². The fraction of sp³-hybridized carbons (Fsp3) is 0.133. The Morgan fingerprint density at radius 2 is 2.05 bits per heavy atom. The lowest BCUT2D eigenvalue weighted by molar-refractivity contribution is -0.118. The number of aryl methyl sites for hydroxylation is 1. The summed E-state index contributed by atoms with van der Waals surface area (Å²) in [6.45, 7) is 1.40. The van der Waals surface area contributed by atoms with E-state index in [0.717, 1.165) is 4.47 Å². The topological polar surface area (TPSA) is 38.3 Å². The number of anilines is 1. The molecule has 0 bridgehead atoms. The van der Waals surface area contributed by atoms with E-state index in [9.17, 15) is 9.18 Å². The zero-order valence-electron chi connectivity index (χ0n) is 10.8. The van der Waals surface area contributed by atoms with Crippen LogP contribution in [-0.2, 0) is 4.79 Å². The van der Waals surface area contributed by atoms with Crippen LogP contribution >= 0.6 is 15.9 Å². The van der Waals surface area contributed by atoms with Crippen molar-refractivity contribution in [3.05, 3.63) is 58.3 Å². The number of carbonyl (C=O) groups is 1. The van der Waals surface area contributed by atoms with Gasteiger partial charge in [-0.2, -0.15) is 0 Å². The van der Waals surface area contributed by atoms with E-state index in [1.165, 1.54) is 6.07 Å². The molecule has 20 heavy (non-hydrogen) atoms. The van der Waals surface area contributed by atoms with Crippen molar-refractivity contribution >= 4 is 27.5 Å². The van der Waals surface area contributed by atoms with Crippen LogP contribution in [0, 0.1) is 12.7 Å². The van der Waals surface area contributed by atoms with E-state index in [4.69, 9.17) is 4.74 Å². The molecule has 2 aromatic carbocycles. The summed E-state index contributed by atoms with van der Waals surface area (Å²) in [6, 6.07) is 12.0. The highest BCUT2D eigenvalue weighted by Gasteiger charge is 2.08.